The molecule has 0 saturated heterocycles. The summed E-state index contributed by atoms with van der Waals surface area (Å²) in [5.41, 5.74) is 0. The standard InChI is InChI=1S/C10H14BrNO3S2/c11-10-9(5-8(6-13)16-10)17(14,15)12-7-3-1-2-4-7/h5,7,12-13H,1-4,6H2. The number of aliphatic hydroxyl groups is 1. The zero-order valence-electron chi connectivity index (χ0n) is 9.15. The van der Waals surface area contributed by atoms with Crippen LogP contribution in [-0.4, -0.2) is 19.6 Å². The van der Waals surface area contributed by atoms with Crippen LogP contribution in [0.5, 0.6) is 0 Å². The Balaban J connectivity index is 2.21. The monoisotopic (exact) mass is 339 g/mol. The lowest BCUT2D eigenvalue weighted by molar-refractivity contribution is 0.285. The van der Waals surface area contributed by atoms with Gasteiger partial charge in [0.15, 0.2) is 0 Å². The highest BCUT2D eigenvalue weighted by molar-refractivity contribution is 9.11. The lowest BCUT2D eigenvalue weighted by Crippen LogP contribution is -2.32. The van der Waals surface area contributed by atoms with Crippen molar-refractivity contribution in [1.29, 1.82) is 0 Å². The van der Waals surface area contributed by atoms with E-state index in [1.54, 1.807) is 0 Å². The average molecular weight is 340 g/mol. The molecule has 0 atom stereocenters. The Morgan fingerprint density at radius 2 is 2.12 bits per heavy atom. The third-order valence-electron chi connectivity index (χ3n) is 2.83. The maximum atomic E-state index is 12.1. The number of aliphatic hydroxyl groups excluding tert-OH is 1. The third kappa shape index (κ3) is 3.08. The molecule has 0 aliphatic heterocycles. The van der Waals surface area contributed by atoms with Crippen LogP contribution in [-0.2, 0) is 16.6 Å². The molecule has 1 aliphatic rings. The molecule has 96 valence electrons. The van der Waals surface area contributed by atoms with Gasteiger partial charge >= 0.3 is 0 Å². The van der Waals surface area contributed by atoms with Crippen molar-refractivity contribution in [2.45, 2.75) is 43.2 Å². The Hall–Kier alpha value is 0.0500. The molecule has 1 heterocycles. The van der Waals surface area contributed by atoms with Crippen LogP contribution in [0.1, 0.15) is 30.6 Å². The number of sulfonamides is 1. The summed E-state index contributed by atoms with van der Waals surface area (Å²) in [6.45, 7) is -0.137. The summed E-state index contributed by atoms with van der Waals surface area (Å²) in [4.78, 5) is 0.877. The lowest BCUT2D eigenvalue weighted by Gasteiger charge is -2.11. The van der Waals surface area contributed by atoms with Gasteiger partial charge in [-0.05, 0) is 34.8 Å². The van der Waals surface area contributed by atoms with Gasteiger partial charge in [-0.1, -0.05) is 12.8 Å². The first kappa shape index (κ1) is 13.5. The number of thiophene rings is 1. The number of nitrogens with one attached hydrogen (secondary N) is 1. The number of rotatable bonds is 4. The first-order chi connectivity index (χ1) is 8.03. The van der Waals surface area contributed by atoms with Gasteiger partial charge < -0.3 is 5.11 Å². The van der Waals surface area contributed by atoms with Crippen molar-refractivity contribution >= 4 is 37.3 Å². The minimum atomic E-state index is -3.46. The average Bonchev–Trinajstić information content (AvgIpc) is 2.86. The molecule has 0 aromatic carbocycles. The second-order valence-corrected chi connectivity index (χ2v) is 8.25. The van der Waals surface area contributed by atoms with Crippen LogP contribution in [0, 0.1) is 0 Å². The molecular weight excluding hydrogens is 326 g/mol. The molecule has 0 amide bonds. The molecule has 0 unspecified atom stereocenters. The van der Waals surface area contributed by atoms with Crippen molar-refractivity contribution in [3.63, 3.8) is 0 Å². The maximum absolute atomic E-state index is 12.1. The van der Waals surface area contributed by atoms with E-state index in [0.29, 0.717) is 8.66 Å². The minimum Gasteiger partial charge on any atom is -0.391 e. The highest BCUT2D eigenvalue weighted by Crippen LogP contribution is 2.32. The summed E-state index contributed by atoms with van der Waals surface area (Å²) in [6.07, 6.45) is 3.99. The zero-order valence-corrected chi connectivity index (χ0v) is 12.4. The molecule has 1 saturated carbocycles. The fourth-order valence-electron chi connectivity index (χ4n) is 1.99. The first-order valence-electron chi connectivity index (χ1n) is 5.44. The van der Waals surface area contributed by atoms with Gasteiger partial charge in [-0.3, -0.25) is 0 Å². The molecule has 1 fully saturated rings. The Morgan fingerprint density at radius 3 is 2.65 bits per heavy atom. The molecule has 4 nitrogen and oxygen atoms in total. The van der Waals surface area contributed by atoms with Gasteiger partial charge in [-0.15, -0.1) is 11.3 Å². The largest absolute Gasteiger partial charge is 0.391 e. The molecule has 0 radical (unpaired) electrons. The van der Waals surface area contributed by atoms with Crippen molar-refractivity contribution < 1.29 is 13.5 Å². The van der Waals surface area contributed by atoms with E-state index in [9.17, 15) is 8.42 Å². The fourth-order valence-corrected chi connectivity index (χ4v) is 5.83. The predicted molar refractivity (Wildman–Crippen MR) is 70.5 cm³/mol. The quantitative estimate of drug-likeness (QED) is 0.883. The molecule has 1 aliphatic carbocycles. The van der Waals surface area contributed by atoms with Gasteiger partial charge in [0.05, 0.1) is 10.4 Å². The lowest BCUT2D eigenvalue weighted by atomic mass is 10.3. The van der Waals surface area contributed by atoms with Crippen LogP contribution in [0.3, 0.4) is 0 Å². The summed E-state index contributed by atoms with van der Waals surface area (Å²) in [6, 6.07) is 1.58. The Bertz CT molecular complexity index is 492. The van der Waals surface area contributed by atoms with E-state index in [1.807, 2.05) is 0 Å². The van der Waals surface area contributed by atoms with Crippen molar-refractivity contribution in [2.75, 3.05) is 0 Å². The van der Waals surface area contributed by atoms with E-state index in [1.165, 1.54) is 17.4 Å². The zero-order chi connectivity index (χ0) is 12.5. The van der Waals surface area contributed by atoms with Crippen LogP contribution >= 0.6 is 27.3 Å². The Morgan fingerprint density at radius 1 is 1.47 bits per heavy atom. The van der Waals surface area contributed by atoms with E-state index in [0.717, 1.165) is 25.7 Å². The second kappa shape index (κ2) is 5.36. The first-order valence-corrected chi connectivity index (χ1v) is 8.53. The summed E-state index contributed by atoms with van der Waals surface area (Å²) in [7, 11) is -3.46. The van der Waals surface area contributed by atoms with Crippen molar-refractivity contribution in [3.05, 3.63) is 14.7 Å². The van der Waals surface area contributed by atoms with E-state index in [-0.39, 0.29) is 17.5 Å². The van der Waals surface area contributed by atoms with Crippen molar-refractivity contribution in [1.82, 2.24) is 4.72 Å². The van der Waals surface area contributed by atoms with Crippen molar-refractivity contribution in [2.24, 2.45) is 0 Å². The second-order valence-electron chi connectivity index (χ2n) is 4.11. The Labute approximate surface area is 113 Å². The molecule has 0 spiro atoms. The van der Waals surface area contributed by atoms with E-state index in [4.69, 9.17) is 5.11 Å². The van der Waals surface area contributed by atoms with Gasteiger partial charge in [0.1, 0.15) is 4.90 Å². The van der Waals surface area contributed by atoms with Crippen LogP contribution in [0.2, 0.25) is 0 Å². The molecule has 1 aromatic heterocycles. The molecule has 1 aromatic rings. The SMILES string of the molecule is O=S(=O)(NC1CCCC1)c1cc(CO)sc1Br. The number of halogens is 1. The summed E-state index contributed by atoms with van der Waals surface area (Å²) in [5.74, 6) is 0. The number of hydrogen-bond acceptors (Lipinski definition) is 4. The van der Waals surface area contributed by atoms with Gasteiger partial charge in [-0.2, -0.15) is 0 Å². The molecule has 2 N–H and O–H groups in total. The molecule has 17 heavy (non-hydrogen) atoms. The van der Waals surface area contributed by atoms with Gasteiger partial charge in [-0.25, -0.2) is 13.1 Å². The third-order valence-corrected chi connectivity index (χ3v) is 6.59. The summed E-state index contributed by atoms with van der Waals surface area (Å²) >= 11 is 4.48. The van der Waals surface area contributed by atoms with E-state index >= 15 is 0 Å². The molecule has 2 rings (SSSR count). The van der Waals surface area contributed by atoms with Gasteiger partial charge in [0.25, 0.3) is 0 Å². The highest BCUT2D eigenvalue weighted by Gasteiger charge is 2.26. The van der Waals surface area contributed by atoms with Gasteiger partial charge in [0.2, 0.25) is 10.0 Å². The fraction of sp³-hybridized carbons (Fsp3) is 0.600. The Kier molecular flexibility index (Phi) is 4.25. The van der Waals surface area contributed by atoms with Crippen LogP contribution in [0.25, 0.3) is 0 Å². The summed E-state index contributed by atoms with van der Waals surface area (Å²) in [5, 5.41) is 9.00. The highest BCUT2D eigenvalue weighted by atomic mass is 79.9. The van der Waals surface area contributed by atoms with Crippen molar-refractivity contribution in [3.8, 4) is 0 Å². The minimum absolute atomic E-state index is 0.0596. The molecule has 0 bridgehead atoms. The van der Waals surface area contributed by atoms with Crippen LogP contribution < -0.4 is 4.72 Å². The summed E-state index contributed by atoms with van der Waals surface area (Å²) < 4.78 is 27.5. The predicted octanol–water partition coefficient (Wildman–Crippen LogP) is 2.22. The maximum Gasteiger partial charge on any atom is 0.242 e. The molecular formula is C10H14BrNO3S2. The molecule has 7 heteroatoms. The smallest absolute Gasteiger partial charge is 0.242 e. The normalized spacial score (nSPS) is 17.8. The van der Waals surface area contributed by atoms with Crippen LogP contribution in [0.15, 0.2) is 14.7 Å². The number of hydrogen-bond donors (Lipinski definition) is 2. The van der Waals surface area contributed by atoms with Gasteiger partial charge in [0, 0.05) is 10.9 Å². The topological polar surface area (TPSA) is 66.4 Å². The van der Waals surface area contributed by atoms with E-state index in [2.05, 4.69) is 20.7 Å². The van der Waals surface area contributed by atoms with Crippen LogP contribution in [0.4, 0.5) is 0 Å². The van der Waals surface area contributed by atoms with E-state index < -0.39 is 10.0 Å².